The normalized spacial score (nSPS) is 13.4. The molecule has 21 heavy (non-hydrogen) atoms. The average Bonchev–Trinajstić information content (AvgIpc) is 2.41. The quantitative estimate of drug-likeness (QED) is 0.562. The number of ether oxygens (including phenoxy) is 2. The monoisotopic (exact) mass is 309 g/mol. The number of nitrogens with one attached hydrogen (secondary N) is 1. The summed E-state index contributed by atoms with van der Waals surface area (Å²) in [6.07, 6.45) is -4.35. The molecule has 0 saturated heterocycles. The first kappa shape index (κ1) is 17.9. The van der Waals surface area contributed by atoms with Gasteiger partial charge in [0.25, 0.3) is 0 Å². The maximum atomic E-state index is 12.9. The van der Waals surface area contributed by atoms with Crippen molar-refractivity contribution in [3.63, 3.8) is 0 Å². The predicted molar refractivity (Wildman–Crippen MR) is 70.8 cm³/mol. The van der Waals surface area contributed by atoms with Gasteiger partial charge in [0, 0.05) is 26.1 Å². The summed E-state index contributed by atoms with van der Waals surface area (Å²) in [7, 11) is 1.56. The minimum Gasteiger partial charge on any atom is -0.383 e. The first-order valence-corrected chi connectivity index (χ1v) is 6.52. The SMILES string of the molecule is COCCNCC(COCC(F)(F)F)c1ccc(F)cc1. The molecule has 1 N–H and O–H groups in total. The molecule has 0 aliphatic carbocycles. The topological polar surface area (TPSA) is 30.5 Å². The van der Waals surface area contributed by atoms with Crippen molar-refractivity contribution in [1.82, 2.24) is 5.32 Å². The third-order valence-electron chi connectivity index (χ3n) is 2.80. The molecule has 1 aromatic rings. The van der Waals surface area contributed by atoms with Gasteiger partial charge < -0.3 is 14.8 Å². The van der Waals surface area contributed by atoms with Gasteiger partial charge in [-0.3, -0.25) is 0 Å². The van der Waals surface area contributed by atoms with Crippen LogP contribution in [0.25, 0.3) is 0 Å². The first-order valence-electron chi connectivity index (χ1n) is 6.52. The van der Waals surface area contributed by atoms with E-state index in [0.29, 0.717) is 19.7 Å². The molecule has 0 fully saturated rings. The Labute approximate surface area is 121 Å². The van der Waals surface area contributed by atoms with E-state index in [2.05, 4.69) is 5.32 Å². The number of rotatable bonds is 9. The van der Waals surface area contributed by atoms with Crippen molar-refractivity contribution < 1.29 is 27.0 Å². The van der Waals surface area contributed by atoms with Gasteiger partial charge >= 0.3 is 6.18 Å². The lowest BCUT2D eigenvalue weighted by Gasteiger charge is -2.19. The summed E-state index contributed by atoms with van der Waals surface area (Å²) >= 11 is 0. The maximum Gasteiger partial charge on any atom is 0.411 e. The van der Waals surface area contributed by atoms with Crippen LogP contribution in [-0.2, 0) is 9.47 Å². The Morgan fingerprint density at radius 3 is 2.43 bits per heavy atom. The van der Waals surface area contributed by atoms with E-state index < -0.39 is 12.8 Å². The molecule has 120 valence electrons. The predicted octanol–water partition coefficient (Wildman–Crippen LogP) is 2.72. The fourth-order valence-corrected chi connectivity index (χ4v) is 1.78. The summed E-state index contributed by atoms with van der Waals surface area (Å²) < 4.78 is 58.8. The molecule has 0 spiro atoms. The molecule has 0 saturated carbocycles. The lowest BCUT2D eigenvalue weighted by atomic mass is 10.00. The fourth-order valence-electron chi connectivity index (χ4n) is 1.78. The van der Waals surface area contributed by atoms with Gasteiger partial charge in [-0.05, 0) is 17.7 Å². The molecule has 0 radical (unpaired) electrons. The van der Waals surface area contributed by atoms with Gasteiger partial charge in [0.2, 0.25) is 0 Å². The van der Waals surface area contributed by atoms with E-state index in [9.17, 15) is 17.6 Å². The van der Waals surface area contributed by atoms with Crippen LogP contribution in [0, 0.1) is 5.82 Å². The molecule has 1 unspecified atom stereocenters. The lowest BCUT2D eigenvalue weighted by Crippen LogP contribution is -2.28. The van der Waals surface area contributed by atoms with Gasteiger partial charge in [0.15, 0.2) is 0 Å². The van der Waals surface area contributed by atoms with Crippen molar-refractivity contribution in [2.75, 3.05) is 40.0 Å². The third-order valence-corrected chi connectivity index (χ3v) is 2.80. The Morgan fingerprint density at radius 2 is 1.86 bits per heavy atom. The van der Waals surface area contributed by atoms with E-state index in [0.717, 1.165) is 5.56 Å². The van der Waals surface area contributed by atoms with Crippen LogP contribution in [0.2, 0.25) is 0 Å². The molecule has 7 heteroatoms. The van der Waals surface area contributed by atoms with E-state index in [4.69, 9.17) is 9.47 Å². The van der Waals surface area contributed by atoms with E-state index in [1.165, 1.54) is 12.1 Å². The van der Waals surface area contributed by atoms with Crippen LogP contribution in [0.3, 0.4) is 0 Å². The Hall–Kier alpha value is -1.18. The largest absolute Gasteiger partial charge is 0.411 e. The van der Waals surface area contributed by atoms with Crippen LogP contribution in [0.15, 0.2) is 24.3 Å². The number of methoxy groups -OCH3 is 1. The second kappa shape index (κ2) is 8.96. The van der Waals surface area contributed by atoms with E-state index in [1.807, 2.05) is 0 Å². The van der Waals surface area contributed by atoms with E-state index >= 15 is 0 Å². The zero-order valence-electron chi connectivity index (χ0n) is 11.8. The Balaban J connectivity index is 2.54. The number of alkyl halides is 3. The molecule has 1 rings (SSSR count). The summed E-state index contributed by atoms with van der Waals surface area (Å²) in [5, 5.41) is 3.07. The second-order valence-electron chi connectivity index (χ2n) is 4.58. The lowest BCUT2D eigenvalue weighted by molar-refractivity contribution is -0.174. The van der Waals surface area contributed by atoms with Crippen LogP contribution >= 0.6 is 0 Å². The van der Waals surface area contributed by atoms with Gasteiger partial charge in [-0.15, -0.1) is 0 Å². The Bertz CT molecular complexity index is 395. The fraction of sp³-hybridized carbons (Fsp3) is 0.571. The smallest absolute Gasteiger partial charge is 0.383 e. The van der Waals surface area contributed by atoms with Gasteiger partial charge in [-0.1, -0.05) is 12.1 Å². The summed E-state index contributed by atoms with van der Waals surface area (Å²) in [5.74, 6) is -0.675. The molecular formula is C14H19F4NO2. The molecule has 0 aromatic heterocycles. The Kier molecular flexibility index (Phi) is 7.63. The van der Waals surface area contributed by atoms with Gasteiger partial charge in [0.05, 0.1) is 13.2 Å². The highest BCUT2D eigenvalue weighted by atomic mass is 19.4. The Morgan fingerprint density at radius 1 is 1.19 bits per heavy atom. The molecule has 0 heterocycles. The van der Waals surface area contributed by atoms with Crippen molar-refractivity contribution in [1.29, 1.82) is 0 Å². The molecule has 0 aliphatic heterocycles. The van der Waals surface area contributed by atoms with Crippen molar-refractivity contribution in [3.8, 4) is 0 Å². The van der Waals surface area contributed by atoms with Gasteiger partial charge in [-0.2, -0.15) is 13.2 Å². The number of hydrogen-bond acceptors (Lipinski definition) is 3. The molecule has 0 amide bonds. The zero-order chi connectivity index (χ0) is 15.7. The zero-order valence-corrected chi connectivity index (χ0v) is 11.8. The molecule has 3 nitrogen and oxygen atoms in total. The van der Waals surface area contributed by atoms with Crippen LogP contribution in [-0.4, -0.2) is 46.2 Å². The van der Waals surface area contributed by atoms with Gasteiger partial charge in [-0.25, -0.2) is 4.39 Å². The summed E-state index contributed by atoms with van der Waals surface area (Å²) in [5.41, 5.74) is 0.725. The highest BCUT2D eigenvalue weighted by molar-refractivity contribution is 5.21. The average molecular weight is 309 g/mol. The standard InChI is InChI=1S/C14H19F4NO2/c1-20-7-6-19-8-12(9-21-10-14(16,17)18)11-2-4-13(15)5-3-11/h2-5,12,19H,6-10H2,1H3. The highest BCUT2D eigenvalue weighted by Crippen LogP contribution is 2.19. The molecule has 0 aliphatic rings. The van der Waals surface area contributed by atoms with Crippen LogP contribution in [0.5, 0.6) is 0 Å². The summed E-state index contributed by atoms with van der Waals surface area (Å²) in [4.78, 5) is 0. The van der Waals surface area contributed by atoms with E-state index in [1.54, 1.807) is 19.2 Å². The van der Waals surface area contributed by atoms with Crippen LogP contribution in [0.4, 0.5) is 17.6 Å². The maximum absolute atomic E-state index is 12.9. The summed E-state index contributed by atoms with van der Waals surface area (Å²) in [6.45, 7) is 0.119. The summed E-state index contributed by atoms with van der Waals surface area (Å²) in [6, 6.07) is 5.66. The number of hydrogen-bond donors (Lipinski definition) is 1. The minimum absolute atomic E-state index is 0.0921. The number of benzene rings is 1. The van der Waals surface area contributed by atoms with Crippen molar-refractivity contribution in [2.24, 2.45) is 0 Å². The molecule has 0 bridgehead atoms. The van der Waals surface area contributed by atoms with Gasteiger partial charge in [0.1, 0.15) is 12.4 Å². The molecule has 1 aromatic carbocycles. The van der Waals surface area contributed by atoms with Crippen molar-refractivity contribution in [2.45, 2.75) is 12.1 Å². The van der Waals surface area contributed by atoms with E-state index in [-0.39, 0.29) is 18.3 Å². The van der Waals surface area contributed by atoms with Crippen LogP contribution < -0.4 is 5.32 Å². The third kappa shape index (κ3) is 7.99. The molecule has 1 atom stereocenters. The molecular weight excluding hydrogens is 290 g/mol. The first-order chi connectivity index (χ1) is 9.92. The van der Waals surface area contributed by atoms with Crippen molar-refractivity contribution >= 4 is 0 Å². The van der Waals surface area contributed by atoms with Crippen LogP contribution in [0.1, 0.15) is 11.5 Å². The highest BCUT2D eigenvalue weighted by Gasteiger charge is 2.28. The second-order valence-corrected chi connectivity index (χ2v) is 4.58. The minimum atomic E-state index is -4.35. The number of halogens is 4. The van der Waals surface area contributed by atoms with Crippen molar-refractivity contribution in [3.05, 3.63) is 35.6 Å².